The Kier molecular flexibility index (Phi) is 8.93. The molecule has 183 valence electrons. The summed E-state index contributed by atoms with van der Waals surface area (Å²) in [7, 11) is 0. The van der Waals surface area contributed by atoms with Gasteiger partial charge in [-0.15, -0.1) is 35.9 Å². The average Bonchev–Trinajstić information content (AvgIpc) is 3.48. The van der Waals surface area contributed by atoms with E-state index in [1.165, 1.54) is 54.9 Å². The summed E-state index contributed by atoms with van der Waals surface area (Å²) in [6, 6.07) is 20.1. The molecule has 4 unspecified atom stereocenters. The molecule has 1 aromatic heterocycles. The van der Waals surface area contributed by atoms with E-state index >= 15 is 0 Å². The first-order valence-electron chi connectivity index (χ1n) is 12.9. The molecule has 3 aromatic rings. The topological polar surface area (TPSA) is 53.4 Å². The Morgan fingerprint density at radius 1 is 0.735 bits per heavy atom. The second-order valence-electron chi connectivity index (χ2n) is 10.2. The van der Waals surface area contributed by atoms with Gasteiger partial charge in [-0.1, -0.05) is 49.9 Å². The molecule has 2 N–H and O–H groups in total. The maximum Gasteiger partial charge on any atom is 0.0595 e. The van der Waals surface area contributed by atoms with E-state index in [2.05, 4.69) is 42.6 Å². The minimum Gasteiger partial charge on any atom is -0.393 e. The minimum absolute atomic E-state index is 0. The Hall–Kier alpha value is -1.58. The van der Waals surface area contributed by atoms with E-state index in [1.54, 1.807) is 0 Å². The molecule has 3 fully saturated rings. The van der Waals surface area contributed by atoms with Crippen molar-refractivity contribution in [3.05, 3.63) is 66.4 Å². The van der Waals surface area contributed by atoms with Gasteiger partial charge in [0.25, 0.3) is 0 Å². The molecule has 0 bridgehead atoms. The normalized spacial score (nSPS) is 26.8. The van der Waals surface area contributed by atoms with Gasteiger partial charge in [0.2, 0.25) is 0 Å². The molecule has 34 heavy (non-hydrogen) atoms. The second-order valence-corrected chi connectivity index (χ2v) is 10.2. The molecule has 1 radical (unpaired) electrons. The number of aliphatic hydroxyl groups excluding tert-OH is 2. The van der Waals surface area contributed by atoms with Crippen LogP contribution in [-0.2, 0) is 20.1 Å². The summed E-state index contributed by atoms with van der Waals surface area (Å²) in [5.74, 6) is 1.50. The van der Waals surface area contributed by atoms with Crippen LogP contribution in [0.4, 0.5) is 0 Å². The Balaban J connectivity index is 0.000000180. The molecular formula is C30H36IrNO2-. The van der Waals surface area contributed by atoms with Crippen LogP contribution >= 0.6 is 0 Å². The van der Waals surface area contributed by atoms with E-state index in [9.17, 15) is 10.2 Å². The van der Waals surface area contributed by atoms with Crippen LogP contribution in [0.1, 0.15) is 75.7 Å². The summed E-state index contributed by atoms with van der Waals surface area (Å²) in [4.78, 5) is 4.79. The maximum absolute atomic E-state index is 9.77. The van der Waals surface area contributed by atoms with Gasteiger partial charge in [0, 0.05) is 32.2 Å². The standard InChI is InChI=1S/C20H18N.C10H18O2.Ir/c1-2-10-16(11-3-1)20-18-13-7-6-12-17(18)19(14-21-20)15-8-4-5-9-15;11-8-4-2-1-3-7-5-6-9(12)10(7)8;/h1-3,6-7,10,12-15H,4-5,8-9H2;7-12H,1-6H2;/q-1;;. The second kappa shape index (κ2) is 11.9. The first kappa shape index (κ1) is 25.5. The van der Waals surface area contributed by atoms with Gasteiger partial charge in [-0.3, -0.25) is 0 Å². The number of hydrogen-bond donors (Lipinski definition) is 2. The minimum atomic E-state index is -0.227. The molecule has 3 aliphatic rings. The number of rotatable bonds is 2. The molecule has 1 heterocycles. The summed E-state index contributed by atoms with van der Waals surface area (Å²) in [6.45, 7) is 0. The number of aromatic nitrogens is 1. The Bertz CT molecular complexity index is 1050. The fourth-order valence-corrected chi connectivity index (χ4v) is 6.48. The molecule has 4 heteroatoms. The van der Waals surface area contributed by atoms with Crippen LogP contribution in [0.15, 0.2) is 54.7 Å². The van der Waals surface area contributed by atoms with Gasteiger partial charge >= 0.3 is 0 Å². The quantitative estimate of drug-likeness (QED) is 0.310. The molecular weight excluding hydrogens is 599 g/mol. The van der Waals surface area contributed by atoms with Crippen molar-refractivity contribution in [1.29, 1.82) is 0 Å². The number of nitrogens with zero attached hydrogens (tertiary/aromatic N) is 1. The smallest absolute Gasteiger partial charge is 0.0595 e. The molecule has 0 amide bonds. The molecule has 0 aliphatic heterocycles. The predicted octanol–water partition coefficient (Wildman–Crippen LogP) is 6.67. The van der Waals surface area contributed by atoms with Gasteiger partial charge < -0.3 is 15.2 Å². The third-order valence-corrected chi connectivity index (χ3v) is 8.18. The summed E-state index contributed by atoms with van der Waals surface area (Å²) in [5.41, 5.74) is 3.56. The fraction of sp³-hybridized carbons (Fsp3) is 0.500. The van der Waals surface area contributed by atoms with Crippen molar-refractivity contribution in [3.8, 4) is 11.3 Å². The van der Waals surface area contributed by atoms with Crippen molar-refractivity contribution in [1.82, 2.24) is 4.98 Å². The van der Waals surface area contributed by atoms with E-state index in [0.29, 0.717) is 11.8 Å². The van der Waals surface area contributed by atoms with E-state index in [-0.39, 0.29) is 38.2 Å². The van der Waals surface area contributed by atoms with Gasteiger partial charge in [-0.2, -0.15) is 0 Å². The fourth-order valence-electron chi connectivity index (χ4n) is 6.48. The summed E-state index contributed by atoms with van der Waals surface area (Å²) < 4.78 is 0. The van der Waals surface area contributed by atoms with Crippen molar-refractivity contribution in [3.63, 3.8) is 0 Å². The van der Waals surface area contributed by atoms with Gasteiger partial charge in [0.1, 0.15) is 0 Å². The monoisotopic (exact) mass is 635 g/mol. The summed E-state index contributed by atoms with van der Waals surface area (Å²) in [6.07, 6.45) is 13.5. The number of hydrogen-bond acceptors (Lipinski definition) is 3. The largest absolute Gasteiger partial charge is 0.393 e. The molecule has 3 saturated carbocycles. The maximum atomic E-state index is 9.77. The van der Waals surface area contributed by atoms with E-state index in [4.69, 9.17) is 4.98 Å². The molecule has 2 aromatic carbocycles. The molecule has 3 nitrogen and oxygen atoms in total. The van der Waals surface area contributed by atoms with E-state index in [0.717, 1.165) is 36.9 Å². The van der Waals surface area contributed by atoms with Crippen molar-refractivity contribution < 1.29 is 30.3 Å². The number of pyridine rings is 1. The van der Waals surface area contributed by atoms with Crippen LogP contribution in [-0.4, -0.2) is 27.4 Å². The van der Waals surface area contributed by atoms with Crippen LogP contribution in [0.25, 0.3) is 22.0 Å². The number of aliphatic hydroxyl groups is 2. The first-order valence-corrected chi connectivity index (χ1v) is 12.9. The van der Waals surface area contributed by atoms with Crippen molar-refractivity contribution >= 4 is 10.8 Å². The van der Waals surface area contributed by atoms with Crippen LogP contribution in [0.2, 0.25) is 0 Å². The third-order valence-electron chi connectivity index (χ3n) is 8.18. The SMILES string of the molecule is OC1CCCCC2CCC(O)C12.[Ir].[c-]1ccccc1-c1ncc(C2CCCC2)c2ccccc12. The molecule has 6 rings (SSSR count). The van der Waals surface area contributed by atoms with Crippen LogP contribution in [0.5, 0.6) is 0 Å². The van der Waals surface area contributed by atoms with Crippen molar-refractivity contribution in [2.45, 2.75) is 82.3 Å². The Morgan fingerprint density at radius 2 is 1.41 bits per heavy atom. The van der Waals surface area contributed by atoms with Gasteiger partial charge in [0.05, 0.1) is 12.2 Å². The zero-order valence-corrected chi connectivity index (χ0v) is 22.2. The van der Waals surface area contributed by atoms with Crippen LogP contribution in [0, 0.1) is 17.9 Å². The van der Waals surface area contributed by atoms with Crippen molar-refractivity contribution in [2.75, 3.05) is 0 Å². The van der Waals surface area contributed by atoms with Gasteiger partial charge in [-0.05, 0) is 72.4 Å². The van der Waals surface area contributed by atoms with Gasteiger partial charge in [0.15, 0.2) is 0 Å². The molecule has 0 saturated heterocycles. The number of benzene rings is 2. The van der Waals surface area contributed by atoms with Crippen molar-refractivity contribution in [2.24, 2.45) is 11.8 Å². The average molecular weight is 635 g/mol. The molecule has 3 aliphatic carbocycles. The zero-order chi connectivity index (χ0) is 22.6. The van der Waals surface area contributed by atoms with E-state index in [1.807, 2.05) is 18.2 Å². The summed E-state index contributed by atoms with van der Waals surface area (Å²) in [5, 5.41) is 22.1. The number of fused-ring (bicyclic) bond motifs is 2. The summed E-state index contributed by atoms with van der Waals surface area (Å²) >= 11 is 0. The van der Waals surface area contributed by atoms with E-state index < -0.39 is 0 Å². The zero-order valence-electron chi connectivity index (χ0n) is 19.8. The predicted molar refractivity (Wildman–Crippen MR) is 134 cm³/mol. The Morgan fingerprint density at radius 3 is 2.18 bits per heavy atom. The van der Waals surface area contributed by atoms with Crippen LogP contribution < -0.4 is 0 Å². The first-order chi connectivity index (χ1) is 16.2. The molecule has 0 spiro atoms. The third kappa shape index (κ3) is 5.46. The van der Waals surface area contributed by atoms with Crippen LogP contribution in [0.3, 0.4) is 0 Å². The Labute approximate surface area is 217 Å². The van der Waals surface area contributed by atoms with Gasteiger partial charge in [-0.25, -0.2) is 0 Å². The molecule has 4 atom stereocenters.